The van der Waals surface area contributed by atoms with E-state index in [1.165, 1.54) is 6.33 Å². The molecule has 3 rings (SSSR count). The zero-order chi connectivity index (χ0) is 20.3. The van der Waals surface area contributed by atoms with Crippen molar-refractivity contribution in [3.63, 3.8) is 0 Å². The first-order valence-electron chi connectivity index (χ1n) is 9.92. The van der Waals surface area contributed by atoms with Crippen LogP contribution in [0.5, 0.6) is 0 Å². The number of nitrogens with two attached hydrogens (primary N) is 1. The Kier molecular flexibility index (Phi) is 6.15. The molecule has 152 valence electrons. The number of hydrogen-bond donors (Lipinski definition) is 2. The second kappa shape index (κ2) is 8.41. The van der Waals surface area contributed by atoms with Gasteiger partial charge < -0.3 is 20.3 Å². The first kappa shape index (κ1) is 20.5. The predicted molar refractivity (Wildman–Crippen MR) is 113 cm³/mol. The molecule has 3 N–H and O–H groups in total. The van der Waals surface area contributed by atoms with E-state index in [2.05, 4.69) is 40.7 Å². The highest BCUT2D eigenvalue weighted by Gasteiger charge is 2.37. The standard InChI is InChI=1S/C21H32N6O/c1-15-13-27(10-9-26(15)4)19-12-18(24-14-25-19)20(23)16(2)17(22)6-5-11-28-21(3)7-8-21/h5-6,12,14-15,23H,7-11,13,22H2,1-4H3/b6-5-,17-16-,23-20?/t15-/m0/s1. The Balaban J connectivity index is 1.66. The zero-order valence-corrected chi connectivity index (χ0v) is 17.4. The Morgan fingerprint density at radius 1 is 1.39 bits per heavy atom. The molecule has 1 aromatic heterocycles. The van der Waals surface area contributed by atoms with Crippen LogP contribution in [0, 0.1) is 5.41 Å². The van der Waals surface area contributed by atoms with Gasteiger partial charge in [0, 0.05) is 37.4 Å². The first-order chi connectivity index (χ1) is 13.3. The maximum absolute atomic E-state index is 8.52. The molecule has 0 bridgehead atoms. The van der Waals surface area contributed by atoms with E-state index in [0.717, 1.165) is 38.3 Å². The lowest BCUT2D eigenvalue weighted by Crippen LogP contribution is -2.50. The molecule has 0 amide bonds. The summed E-state index contributed by atoms with van der Waals surface area (Å²) in [5, 5.41) is 8.52. The molecule has 2 heterocycles. The maximum Gasteiger partial charge on any atom is 0.132 e. The van der Waals surface area contributed by atoms with Gasteiger partial charge in [0.25, 0.3) is 0 Å². The molecular formula is C21H32N6O. The molecule has 0 unspecified atom stereocenters. The molecule has 2 fully saturated rings. The quantitative estimate of drug-likeness (QED) is 0.554. The van der Waals surface area contributed by atoms with Crippen LogP contribution in [-0.4, -0.2) is 65.5 Å². The molecule has 7 heteroatoms. The Morgan fingerprint density at radius 3 is 2.82 bits per heavy atom. The third-order valence-corrected chi connectivity index (χ3v) is 5.78. The van der Waals surface area contributed by atoms with Gasteiger partial charge in [-0.25, -0.2) is 9.97 Å². The minimum atomic E-state index is 0.0582. The largest absolute Gasteiger partial charge is 0.398 e. The van der Waals surface area contributed by atoms with Crippen LogP contribution in [-0.2, 0) is 4.74 Å². The summed E-state index contributed by atoms with van der Waals surface area (Å²) < 4.78 is 5.77. The minimum Gasteiger partial charge on any atom is -0.398 e. The fourth-order valence-electron chi connectivity index (χ4n) is 3.12. The lowest BCUT2D eigenvalue weighted by atomic mass is 10.1. The number of rotatable bonds is 7. The van der Waals surface area contributed by atoms with Crippen molar-refractivity contribution in [2.24, 2.45) is 5.73 Å². The van der Waals surface area contributed by atoms with Crippen molar-refractivity contribution in [1.82, 2.24) is 14.9 Å². The van der Waals surface area contributed by atoms with Crippen LogP contribution in [0.4, 0.5) is 5.82 Å². The third-order valence-electron chi connectivity index (χ3n) is 5.78. The van der Waals surface area contributed by atoms with Gasteiger partial charge in [-0.3, -0.25) is 5.41 Å². The lowest BCUT2D eigenvalue weighted by Gasteiger charge is -2.38. The number of piperazine rings is 1. The van der Waals surface area contributed by atoms with E-state index in [-0.39, 0.29) is 5.60 Å². The molecule has 0 aromatic carbocycles. The van der Waals surface area contributed by atoms with Gasteiger partial charge >= 0.3 is 0 Å². The van der Waals surface area contributed by atoms with Gasteiger partial charge in [-0.05, 0) is 52.3 Å². The van der Waals surface area contributed by atoms with Crippen LogP contribution in [0.15, 0.2) is 35.8 Å². The van der Waals surface area contributed by atoms with Crippen molar-refractivity contribution in [3.8, 4) is 0 Å². The zero-order valence-electron chi connectivity index (χ0n) is 17.4. The fraction of sp³-hybridized carbons (Fsp3) is 0.571. The normalized spacial score (nSPS) is 23.0. The maximum atomic E-state index is 8.52. The first-order valence-corrected chi connectivity index (χ1v) is 9.92. The molecule has 1 saturated carbocycles. The number of allylic oxidation sites excluding steroid dienone is 2. The molecular weight excluding hydrogens is 352 g/mol. The molecule has 1 aliphatic carbocycles. The minimum absolute atomic E-state index is 0.0582. The van der Waals surface area contributed by atoms with Crippen molar-refractivity contribution in [1.29, 1.82) is 5.41 Å². The highest BCUT2D eigenvalue weighted by atomic mass is 16.5. The average molecular weight is 385 g/mol. The Bertz CT molecular complexity index is 783. The van der Waals surface area contributed by atoms with Crippen LogP contribution >= 0.6 is 0 Å². The number of likely N-dealkylation sites (N-methyl/N-ethyl adjacent to an activating group) is 1. The molecule has 1 atom stereocenters. The van der Waals surface area contributed by atoms with E-state index in [4.69, 9.17) is 15.9 Å². The van der Waals surface area contributed by atoms with Gasteiger partial charge in [0.05, 0.1) is 23.6 Å². The smallest absolute Gasteiger partial charge is 0.132 e. The average Bonchev–Trinajstić information content (AvgIpc) is 3.43. The topological polar surface area (TPSA) is 91.4 Å². The second-order valence-electron chi connectivity index (χ2n) is 8.16. The second-order valence-corrected chi connectivity index (χ2v) is 8.16. The fourth-order valence-corrected chi connectivity index (χ4v) is 3.12. The van der Waals surface area contributed by atoms with Crippen LogP contribution in [0.2, 0.25) is 0 Å². The summed E-state index contributed by atoms with van der Waals surface area (Å²) >= 11 is 0. The highest BCUT2D eigenvalue weighted by Crippen LogP contribution is 2.38. The lowest BCUT2D eigenvalue weighted by molar-refractivity contribution is 0.0678. The SMILES string of the molecule is C/C(C(=N)c1cc(N2CCN(C)[C@@H](C)C2)ncn1)=C(N)\C=C/COC1(C)CC1. The summed E-state index contributed by atoms with van der Waals surface area (Å²) in [6, 6.07) is 2.35. The predicted octanol–water partition coefficient (Wildman–Crippen LogP) is 2.34. The molecule has 1 aromatic rings. The molecule has 2 aliphatic rings. The highest BCUT2D eigenvalue weighted by molar-refractivity contribution is 6.09. The van der Waals surface area contributed by atoms with Crippen LogP contribution in [0.1, 0.15) is 39.3 Å². The summed E-state index contributed by atoms with van der Waals surface area (Å²) in [4.78, 5) is 13.3. The summed E-state index contributed by atoms with van der Waals surface area (Å²) in [7, 11) is 2.14. The van der Waals surface area contributed by atoms with Crippen molar-refractivity contribution >= 4 is 11.5 Å². The molecule has 0 spiro atoms. The van der Waals surface area contributed by atoms with Crippen LogP contribution < -0.4 is 10.6 Å². The van der Waals surface area contributed by atoms with E-state index in [1.54, 1.807) is 0 Å². The number of nitrogens with one attached hydrogen (secondary N) is 1. The van der Waals surface area contributed by atoms with Crippen LogP contribution in [0.25, 0.3) is 0 Å². The summed E-state index contributed by atoms with van der Waals surface area (Å²) in [5.74, 6) is 0.864. The van der Waals surface area contributed by atoms with Gasteiger partial charge in [0.2, 0.25) is 0 Å². The molecule has 1 aliphatic heterocycles. The van der Waals surface area contributed by atoms with Gasteiger partial charge in [-0.2, -0.15) is 0 Å². The van der Waals surface area contributed by atoms with Crippen molar-refractivity contribution in [3.05, 3.63) is 41.5 Å². The Hall–Kier alpha value is -2.25. The monoisotopic (exact) mass is 384 g/mol. The summed E-state index contributed by atoms with van der Waals surface area (Å²) in [5.41, 5.74) is 8.40. The Labute approximate surface area is 167 Å². The van der Waals surface area contributed by atoms with Crippen LogP contribution in [0.3, 0.4) is 0 Å². The number of hydrogen-bond acceptors (Lipinski definition) is 7. The van der Waals surface area contributed by atoms with E-state index < -0.39 is 0 Å². The van der Waals surface area contributed by atoms with Gasteiger partial charge in [-0.1, -0.05) is 6.08 Å². The molecule has 7 nitrogen and oxygen atoms in total. The van der Waals surface area contributed by atoms with E-state index in [1.807, 2.05) is 25.1 Å². The van der Waals surface area contributed by atoms with Crippen molar-refractivity contribution in [2.45, 2.75) is 45.3 Å². The Morgan fingerprint density at radius 2 is 2.14 bits per heavy atom. The molecule has 0 radical (unpaired) electrons. The number of aromatic nitrogens is 2. The van der Waals surface area contributed by atoms with Gasteiger partial charge in [-0.15, -0.1) is 0 Å². The number of ether oxygens (including phenoxy) is 1. The summed E-state index contributed by atoms with van der Waals surface area (Å²) in [6.45, 7) is 9.55. The number of anilines is 1. The van der Waals surface area contributed by atoms with Crippen molar-refractivity contribution in [2.75, 3.05) is 38.2 Å². The third kappa shape index (κ3) is 4.97. The van der Waals surface area contributed by atoms with Gasteiger partial charge in [0.15, 0.2) is 0 Å². The number of nitrogens with zero attached hydrogens (tertiary/aromatic N) is 4. The van der Waals surface area contributed by atoms with E-state index in [9.17, 15) is 0 Å². The molecule has 28 heavy (non-hydrogen) atoms. The molecule has 1 saturated heterocycles. The van der Waals surface area contributed by atoms with E-state index >= 15 is 0 Å². The van der Waals surface area contributed by atoms with Gasteiger partial charge in [0.1, 0.15) is 12.1 Å². The summed E-state index contributed by atoms with van der Waals surface area (Å²) in [6.07, 6.45) is 7.51. The van der Waals surface area contributed by atoms with E-state index in [0.29, 0.717) is 35.3 Å². The van der Waals surface area contributed by atoms with Crippen molar-refractivity contribution < 1.29 is 4.74 Å².